The number of sulfonamides is 1. The normalized spacial score (nSPS) is 30.0. The minimum absolute atomic E-state index is 0.175. The summed E-state index contributed by atoms with van der Waals surface area (Å²) in [7, 11) is -3.37. The van der Waals surface area contributed by atoms with Crippen molar-refractivity contribution in [3.05, 3.63) is 30.3 Å². The van der Waals surface area contributed by atoms with Gasteiger partial charge in [-0.3, -0.25) is 0 Å². The Labute approximate surface area is 163 Å². The van der Waals surface area contributed by atoms with Crippen molar-refractivity contribution in [2.75, 3.05) is 39.3 Å². The molecule has 0 aromatic heterocycles. The number of piperidine rings is 2. The zero-order valence-corrected chi connectivity index (χ0v) is 17.2. The first-order valence-corrected chi connectivity index (χ1v) is 11.8. The molecule has 0 N–H and O–H groups in total. The highest BCUT2D eigenvalue weighted by atomic mass is 32.2. The Morgan fingerprint density at radius 1 is 1.15 bits per heavy atom. The number of hydrogen-bond acceptors (Lipinski definition) is 4. The van der Waals surface area contributed by atoms with E-state index < -0.39 is 10.0 Å². The quantitative estimate of drug-likeness (QED) is 0.790. The third-order valence-electron chi connectivity index (χ3n) is 6.65. The molecule has 4 rings (SSSR count). The third-order valence-corrected chi connectivity index (χ3v) is 8.57. The van der Waals surface area contributed by atoms with Crippen LogP contribution in [0.4, 0.5) is 0 Å². The highest BCUT2D eigenvalue weighted by Crippen LogP contribution is 2.43. The van der Waals surface area contributed by atoms with Gasteiger partial charge in [-0.15, -0.1) is 0 Å². The number of ether oxygens (including phenoxy) is 1. The van der Waals surface area contributed by atoms with Gasteiger partial charge in [0.25, 0.3) is 0 Å². The van der Waals surface area contributed by atoms with Gasteiger partial charge in [0.15, 0.2) is 0 Å². The zero-order chi connectivity index (χ0) is 18.9. The second kappa shape index (κ2) is 7.82. The second-order valence-corrected chi connectivity index (χ2v) is 10.8. The summed E-state index contributed by atoms with van der Waals surface area (Å²) in [4.78, 5) is 2.97. The summed E-state index contributed by atoms with van der Waals surface area (Å²) in [6.45, 7) is 7.77. The molecule has 3 saturated heterocycles. The Morgan fingerprint density at radius 3 is 2.59 bits per heavy atom. The molecule has 1 aromatic rings. The van der Waals surface area contributed by atoms with Crippen molar-refractivity contribution in [2.45, 2.75) is 50.0 Å². The highest BCUT2D eigenvalue weighted by Gasteiger charge is 2.44. The minimum Gasteiger partial charge on any atom is -0.376 e. The summed E-state index contributed by atoms with van der Waals surface area (Å²) in [6, 6.07) is 8.80. The number of benzene rings is 1. The second-order valence-electron chi connectivity index (χ2n) is 8.86. The van der Waals surface area contributed by atoms with E-state index in [4.69, 9.17) is 4.74 Å². The van der Waals surface area contributed by atoms with Gasteiger partial charge in [-0.2, -0.15) is 4.31 Å². The Kier molecular flexibility index (Phi) is 5.61. The van der Waals surface area contributed by atoms with Crippen LogP contribution in [-0.2, 0) is 14.8 Å². The molecule has 2 atom stereocenters. The van der Waals surface area contributed by atoms with Crippen molar-refractivity contribution in [2.24, 2.45) is 11.3 Å². The van der Waals surface area contributed by atoms with E-state index in [1.54, 1.807) is 28.6 Å². The molecule has 6 heteroatoms. The first kappa shape index (κ1) is 19.4. The fraction of sp³-hybridized carbons (Fsp3) is 0.714. The first-order valence-electron chi connectivity index (χ1n) is 10.4. The number of nitrogens with zero attached hydrogens (tertiary/aromatic N) is 2. The average Bonchev–Trinajstić information content (AvgIpc) is 3.05. The van der Waals surface area contributed by atoms with E-state index in [2.05, 4.69) is 11.8 Å². The highest BCUT2D eigenvalue weighted by molar-refractivity contribution is 7.89. The van der Waals surface area contributed by atoms with Crippen LogP contribution in [0.1, 0.15) is 39.0 Å². The maximum atomic E-state index is 12.8. The van der Waals surface area contributed by atoms with Crippen LogP contribution in [-0.4, -0.2) is 63.1 Å². The summed E-state index contributed by atoms with van der Waals surface area (Å²) in [6.07, 6.45) is 5.85. The van der Waals surface area contributed by atoms with Gasteiger partial charge in [0.1, 0.15) is 0 Å². The molecule has 0 saturated carbocycles. The molecule has 0 amide bonds. The van der Waals surface area contributed by atoms with Gasteiger partial charge in [-0.05, 0) is 62.1 Å². The van der Waals surface area contributed by atoms with Crippen LogP contribution in [0.2, 0.25) is 0 Å². The first-order chi connectivity index (χ1) is 13.0. The van der Waals surface area contributed by atoms with Crippen LogP contribution >= 0.6 is 0 Å². The van der Waals surface area contributed by atoms with E-state index in [0.717, 1.165) is 38.3 Å². The summed E-state index contributed by atoms with van der Waals surface area (Å²) in [5.41, 5.74) is 0.175. The predicted octanol–water partition coefficient (Wildman–Crippen LogP) is 2.98. The molecule has 1 aromatic carbocycles. The van der Waals surface area contributed by atoms with Crippen LogP contribution in [0, 0.1) is 11.3 Å². The predicted molar refractivity (Wildman–Crippen MR) is 106 cm³/mol. The van der Waals surface area contributed by atoms with Crippen molar-refractivity contribution < 1.29 is 13.2 Å². The summed E-state index contributed by atoms with van der Waals surface area (Å²) >= 11 is 0. The zero-order valence-electron chi connectivity index (χ0n) is 16.3. The van der Waals surface area contributed by atoms with Crippen LogP contribution in [0.5, 0.6) is 0 Å². The van der Waals surface area contributed by atoms with Crippen LogP contribution in [0.25, 0.3) is 0 Å². The fourth-order valence-corrected chi connectivity index (χ4v) is 6.51. The lowest BCUT2D eigenvalue weighted by atomic mass is 9.77. The molecular weight excluding hydrogens is 360 g/mol. The lowest BCUT2D eigenvalue weighted by Crippen LogP contribution is -2.44. The molecule has 27 heavy (non-hydrogen) atoms. The molecule has 150 valence electrons. The van der Waals surface area contributed by atoms with Gasteiger partial charge < -0.3 is 9.64 Å². The molecule has 5 nitrogen and oxygen atoms in total. The standard InChI is InChI=1S/C21H32N2O3S/c1-18-6-5-11-22(15-18)16-19-14-21(17-26-19)9-12-23(13-10-21)27(24,25)20-7-3-2-4-8-20/h2-4,7-8,18-19H,5-6,9-17H2,1H3/t18-,19+/m0/s1. The van der Waals surface area contributed by atoms with Crippen molar-refractivity contribution in [1.29, 1.82) is 0 Å². The monoisotopic (exact) mass is 392 g/mol. The molecule has 3 heterocycles. The van der Waals surface area contributed by atoms with Crippen molar-refractivity contribution >= 4 is 10.0 Å². The van der Waals surface area contributed by atoms with Crippen molar-refractivity contribution in [3.63, 3.8) is 0 Å². The van der Waals surface area contributed by atoms with Gasteiger partial charge in [-0.1, -0.05) is 25.1 Å². The molecule has 0 unspecified atom stereocenters. The van der Waals surface area contributed by atoms with Crippen LogP contribution in [0.15, 0.2) is 35.2 Å². The number of hydrogen-bond donors (Lipinski definition) is 0. The Morgan fingerprint density at radius 2 is 1.89 bits per heavy atom. The van der Waals surface area contributed by atoms with E-state index in [-0.39, 0.29) is 5.41 Å². The summed E-state index contributed by atoms with van der Waals surface area (Å²) < 4.78 is 33.5. The van der Waals surface area contributed by atoms with Crippen LogP contribution < -0.4 is 0 Å². The van der Waals surface area contributed by atoms with Gasteiger partial charge in [-0.25, -0.2) is 8.42 Å². The van der Waals surface area contributed by atoms with E-state index in [1.165, 1.54) is 25.9 Å². The maximum Gasteiger partial charge on any atom is 0.243 e. The molecule has 0 bridgehead atoms. The Bertz CT molecular complexity index is 729. The molecule has 3 aliphatic heterocycles. The van der Waals surface area contributed by atoms with E-state index in [9.17, 15) is 8.42 Å². The van der Waals surface area contributed by atoms with Crippen LogP contribution in [0.3, 0.4) is 0 Å². The summed E-state index contributed by atoms with van der Waals surface area (Å²) in [5.74, 6) is 0.792. The topological polar surface area (TPSA) is 49.9 Å². The number of rotatable bonds is 4. The Hall–Kier alpha value is -0.950. The average molecular weight is 393 g/mol. The number of likely N-dealkylation sites (tertiary alicyclic amines) is 1. The van der Waals surface area contributed by atoms with E-state index >= 15 is 0 Å². The van der Waals surface area contributed by atoms with E-state index in [1.807, 2.05) is 6.07 Å². The molecule has 3 fully saturated rings. The molecule has 3 aliphatic rings. The summed E-state index contributed by atoms with van der Waals surface area (Å²) in [5, 5.41) is 0. The maximum absolute atomic E-state index is 12.8. The molecule has 1 spiro atoms. The molecule has 0 aliphatic carbocycles. The minimum atomic E-state index is -3.37. The van der Waals surface area contributed by atoms with Crippen molar-refractivity contribution in [3.8, 4) is 0 Å². The van der Waals surface area contributed by atoms with Gasteiger partial charge in [0, 0.05) is 26.2 Å². The SMILES string of the molecule is C[C@H]1CCCN(C[C@H]2CC3(CCN(S(=O)(=O)c4ccccc4)CC3)CO2)C1. The Balaban J connectivity index is 1.33. The lowest BCUT2D eigenvalue weighted by molar-refractivity contribution is 0.0482. The fourth-order valence-electron chi connectivity index (χ4n) is 5.04. The van der Waals surface area contributed by atoms with Gasteiger partial charge >= 0.3 is 0 Å². The smallest absolute Gasteiger partial charge is 0.243 e. The van der Waals surface area contributed by atoms with E-state index in [0.29, 0.717) is 24.1 Å². The lowest BCUT2D eigenvalue weighted by Gasteiger charge is -2.38. The van der Waals surface area contributed by atoms with Gasteiger partial charge in [0.05, 0.1) is 17.6 Å². The van der Waals surface area contributed by atoms with Gasteiger partial charge in [0.2, 0.25) is 10.0 Å². The third kappa shape index (κ3) is 4.24. The molecule has 0 radical (unpaired) electrons. The van der Waals surface area contributed by atoms with Crippen molar-refractivity contribution in [1.82, 2.24) is 9.21 Å². The largest absolute Gasteiger partial charge is 0.376 e. The molecular formula is C21H32N2O3S.